The summed E-state index contributed by atoms with van der Waals surface area (Å²) in [4.78, 5) is 28.4. The van der Waals surface area contributed by atoms with E-state index in [1.54, 1.807) is 18.2 Å². The van der Waals surface area contributed by atoms with E-state index in [1.165, 1.54) is 0 Å². The number of carbonyl (C=O) groups excluding carboxylic acids is 1. The van der Waals surface area contributed by atoms with Crippen molar-refractivity contribution < 1.29 is 14.7 Å². The Hall–Kier alpha value is -2.69. The van der Waals surface area contributed by atoms with E-state index in [4.69, 9.17) is 0 Å². The first-order chi connectivity index (χ1) is 11.1. The van der Waals surface area contributed by atoms with Crippen LogP contribution in [-0.2, 0) is 4.79 Å². The molecule has 0 bridgehead atoms. The largest absolute Gasteiger partial charge is 0.478 e. The maximum atomic E-state index is 12.5. The molecule has 0 fully saturated rings. The van der Waals surface area contributed by atoms with Crippen molar-refractivity contribution in [2.24, 2.45) is 11.3 Å². The molecule has 0 unspecified atom stereocenters. The molecule has 1 aromatic heterocycles. The average Bonchev–Trinajstić information content (AvgIpc) is 2.53. The normalized spacial score (nSPS) is 11.5. The van der Waals surface area contributed by atoms with Crippen molar-refractivity contribution in [2.75, 3.05) is 0 Å². The smallest absolute Gasteiger partial charge is 0.337 e. The molecule has 126 valence electrons. The number of carboxylic acid groups (broad SMARTS) is 1. The highest BCUT2D eigenvalue weighted by molar-refractivity contribution is 5.99. The van der Waals surface area contributed by atoms with Crippen molar-refractivity contribution >= 4 is 28.5 Å². The molecule has 0 aliphatic rings. The monoisotopic (exact) mass is 326 g/mol. The number of carbonyl (C=O) groups is 2. The number of benzene rings is 1. The zero-order valence-corrected chi connectivity index (χ0v) is 14.4. The molecule has 1 aromatic carbocycles. The Balaban J connectivity index is 2.43. The van der Waals surface area contributed by atoms with Gasteiger partial charge in [-0.1, -0.05) is 52.5 Å². The minimum absolute atomic E-state index is 0.0151. The van der Waals surface area contributed by atoms with Gasteiger partial charge in [0, 0.05) is 10.8 Å². The van der Waals surface area contributed by atoms with Crippen LogP contribution in [0.3, 0.4) is 0 Å². The number of rotatable bonds is 5. The Morgan fingerprint density at radius 1 is 1.25 bits per heavy atom. The van der Waals surface area contributed by atoms with E-state index in [9.17, 15) is 14.7 Å². The van der Waals surface area contributed by atoms with Crippen LogP contribution in [-0.4, -0.2) is 22.0 Å². The molecule has 0 aliphatic heterocycles. The number of hydrogen-bond acceptors (Lipinski definition) is 3. The number of aromatic nitrogens is 1. The van der Waals surface area contributed by atoms with E-state index >= 15 is 0 Å². The predicted molar refractivity (Wildman–Crippen MR) is 94.5 cm³/mol. The number of para-hydroxylation sites is 1. The second-order valence-electron chi connectivity index (χ2n) is 6.69. The number of aromatic carboxylic acids is 1. The first-order valence-electron chi connectivity index (χ1n) is 7.78. The summed E-state index contributed by atoms with van der Waals surface area (Å²) in [5, 5.41) is 12.9. The Morgan fingerprint density at radius 2 is 1.88 bits per heavy atom. The summed E-state index contributed by atoms with van der Waals surface area (Å²) in [6.07, 6.45) is 0. The molecule has 0 aliphatic carbocycles. The molecule has 1 amide bonds. The van der Waals surface area contributed by atoms with Crippen LogP contribution in [0, 0.1) is 11.3 Å². The average molecular weight is 326 g/mol. The number of nitrogens with one attached hydrogen (secondary N) is 1. The molecule has 5 heteroatoms. The number of fused-ring (bicyclic) bond motifs is 1. The van der Waals surface area contributed by atoms with Crippen molar-refractivity contribution in [3.63, 3.8) is 0 Å². The molecule has 2 aromatic rings. The van der Waals surface area contributed by atoms with Gasteiger partial charge in [0.2, 0.25) is 5.91 Å². The van der Waals surface area contributed by atoms with Gasteiger partial charge in [0.1, 0.15) is 5.69 Å². The highest BCUT2D eigenvalue weighted by Crippen LogP contribution is 2.28. The zero-order valence-electron chi connectivity index (χ0n) is 14.4. The van der Waals surface area contributed by atoms with E-state index < -0.39 is 11.4 Å². The highest BCUT2D eigenvalue weighted by Gasteiger charge is 2.32. The summed E-state index contributed by atoms with van der Waals surface area (Å²) >= 11 is 0. The Morgan fingerprint density at radius 3 is 2.46 bits per heavy atom. The lowest BCUT2D eigenvalue weighted by atomic mass is 9.80. The van der Waals surface area contributed by atoms with Crippen LogP contribution in [0.1, 0.15) is 43.7 Å². The number of hydrogen-bond donors (Lipinski definition) is 2. The second kappa shape index (κ2) is 6.43. The van der Waals surface area contributed by atoms with Gasteiger partial charge >= 0.3 is 5.97 Å². The standard InChI is InChI=1S/C19H22N2O3/c1-11(2)19(4,5)18(24)20-12(3)16-14(17(22)23)10-13-8-6-7-9-15(13)21-16/h6-11H,3H2,1-2,4-5H3,(H,20,24)(H,22,23). The zero-order chi connectivity index (χ0) is 18.1. The van der Waals surface area contributed by atoms with E-state index in [2.05, 4.69) is 16.9 Å². The first-order valence-corrected chi connectivity index (χ1v) is 7.78. The SMILES string of the molecule is C=C(NC(=O)C(C)(C)C(C)C)c1nc2ccccc2cc1C(=O)O. The molecule has 0 saturated carbocycles. The molecule has 2 N–H and O–H groups in total. The highest BCUT2D eigenvalue weighted by atomic mass is 16.4. The van der Waals surface area contributed by atoms with Gasteiger partial charge < -0.3 is 10.4 Å². The maximum absolute atomic E-state index is 12.5. The Kier molecular flexibility index (Phi) is 4.73. The van der Waals surface area contributed by atoms with Crippen LogP contribution >= 0.6 is 0 Å². The fourth-order valence-corrected chi connectivity index (χ4v) is 2.13. The molecule has 0 spiro atoms. The number of amides is 1. The molecule has 0 atom stereocenters. The van der Waals surface area contributed by atoms with E-state index in [0.29, 0.717) is 5.52 Å². The molecule has 2 rings (SSSR count). The van der Waals surface area contributed by atoms with Gasteiger partial charge in [-0.25, -0.2) is 9.78 Å². The fraction of sp³-hybridized carbons (Fsp3) is 0.316. The second-order valence-corrected chi connectivity index (χ2v) is 6.69. The van der Waals surface area contributed by atoms with Crippen molar-refractivity contribution in [1.29, 1.82) is 0 Å². The third kappa shape index (κ3) is 3.30. The summed E-state index contributed by atoms with van der Waals surface area (Å²) in [6, 6.07) is 8.77. The van der Waals surface area contributed by atoms with Crippen molar-refractivity contribution in [2.45, 2.75) is 27.7 Å². The predicted octanol–water partition coefficient (Wildman–Crippen LogP) is 3.70. The van der Waals surface area contributed by atoms with Gasteiger partial charge in [-0.05, 0) is 18.1 Å². The number of nitrogens with zero attached hydrogens (tertiary/aromatic N) is 1. The van der Waals surface area contributed by atoms with E-state index in [-0.39, 0.29) is 28.8 Å². The summed E-state index contributed by atoms with van der Waals surface area (Å²) in [5.41, 5.74) is 0.423. The summed E-state index contributed by atoms with van der Waals surface area (Å²) < 4.78 is 0. The molecular formula is C19H22N2O3. The first kappa shape index (κ1) is 17.7. The third-order valence-corrected chi connectivity index (χ3v) is 4.53. The molecule has 24 heavy (non-hydrogen) atoms. The third-order valence-electron chi connectivity index (χ3n) is 4.53. The minimum atomic E-state index is -1.11. The number of carboxylic acids is 1. The van der Waals surface area contributed by atoms with Gasteiger partial charge in [-0.2, -0.15) is 0 Å². The fourth-order valence-electron chi connectivity index (χ4n) is 2.13. The number of pyridine rings is 1. The van der Waals surface area contributed by atoms with Crippen LogP contribution in [0.15, 0.2) is 36.9 Å². The summed E-state index contributed by atoms with van der Waals surface area (Å²) in [7, 11) is 0. The lowest BCUT2D eigenvalue weighted by Crippen LogP contribution is -2.39. The van der Waals surface area contributed by atoms with Gasteiger partial charge in [0.15, 0.2) is 0 Å². The molecule has 1 heterocycles. The van der Waals surface area contributed by atoms with Crippen LogP contribution in [0.2, 0.25) is 0 Å². The van der Waals surface area contributed by atoms with Gasteiger partial charge in [0.05, 0.1) is 16.8 Å². The van der Waals surface area contributed by atoms with E-state index in [1.807, 2.05) is 39.8 Å². The van der Waals surface area contributed by atoms with Crippen LogP contribution in [0.5, 0.6) is 0 Å². The quantitative estimate of drug-likeness (QED) is 0.878. The van der Waals surface area contributed by atoms with Crippen molar-refractivity contribution in [1.82, 2.24) is 10.3 Å². The van der Waals surface area contributed by atoms with Gasteiger partial charge in [0.25, 0.3) is 0 Å². The lowest BCUT2D eigenvalue weighted by Gasteiger charge is -2.28. The molecular weight excluding hydrogens is 304 g/mol. The van der Waals surface area contributed by atoms with Gasteiger partial charge in [-0.3, -0.25) is 4.79 Å². The molecule has 5 nitrogen and oxygen atoms in total. The van der Waals surface area contributed by atoms with Crippen LogP contribution in [0.4, 0.5) is 0 Å². The molecule has 0 saturated heterocycles. The van der Waals surface area contributed by atoms with Gasteiger partial charge in [-0.15, -0.1) is 0 Å². The Labute approximate surface area is 141 Å². The van der Waals surface area contributed by atoms with Crippen molar-refractivity contribution in [3.8, 4) is 0 Å². The summed E-state index contributed by atoms with van der Waals surface area (Å²) in [5.74, 6) is -1.20. The lowest BCUT2D eigenvalue weighted by molar-refractivity contribution is -0.130. The molecule has 0 radical (unpaired) electrons. The van der Waals surface area contributed by atoms with Crippen molar-refractivity contribution in [3.05, 3.63) is 48.2 Å². The maximum Gasteiger partial charge on any atom is 0.337 e. The minimum Gasteiger partial charge on any atom is -0.478 e. The van der Waals surface area contributed by atoms with Crippen LogP contribution < -0.4 is 5.32 Å². The van der Waals surface area contributed by atoms with Crippen LogP contribution in [0.25, 0.3) is 16.6 Å². The topological polar surface area (TPSA) is 79.3 Å². The Bertz CT molecular complexity index is 822. The summed E-state index contributed by atoms with van der Waals surface area (Å²) in [6.45, 7) is 11.4. The van der Waals surface area contributed by atoms with E-state index in [0.717, 1.165) is 5.39 Å².